The molecule has 150 valence electrons. The van der Waals surface area contributed by atoms with Gasteiger partial charge in [-0.2, -0.15) is 13.2 Å². The van der Waals surface area contributed by atoms with Gasteiger partial charge in [-0.25, -0.2) is 15.0 Å². The van der Waals surface area contributed by atoms with Crippen molar-refractivity contribution in [2.24, 2.45) is 9.98 Å². The van der Waals surface area contributed by atoms with Gasteiger partial charge in [0.15, 0.2) is 5.84 Å². The Hall–Kier alpha value is -2.75. The van der Waals surface area contributed by atoms with E-state index >= 15 is 0 Å². The average Bonchev–Trinajstić information content (AvgIpc) is 3.09. The maximum atomic E-state index is 12.4. The molecule has 0 saturated heterocycles. The van der Waals surface area contributed by atoms with Crippen molar-refractivity contribution in [3.8, 4) is 0 Å². The Bertz CT molecular complexity index is 919. The molecule has 1 aliphatic rings. The molecule has 0 saturated carbocycles. The van der Waals surface area contributed by atoms with Gasteiger partial charge in [-0.1, -0.05) is 6.92 Å². The number of hydrogen-bond donors (Lipinski definition) is 3. The Balaban J connectivity index is 1.77. The first-order valence-corrected chi connectivity index (χ1v) is 8.87. The number of aromatic amines is 1. The van der Waals surface area contributed by atoms with Gasteiger partial charge in [0, 0.05) is 36.0 Å². The van der Waals surface area contributed by atoms with Crippen LogP contribution in [0.15, 0.2) is 34.5 Å². The Morgan fingerprint density at radius 3 is 2.89 bits per heavy atom. The number of H-pyrrole nitrogens is 1. The minimum atomic E-state index is -4.46. The summed E-state index contributed by atoms with van der Waals surface area (Å²) >= 11 is 0. The van der Waals surface area contributed by atoms with E-state index in [4.69, 9.17) is 0 Å². The standard InChI is InChI=1S/C18H21F3N6O/c1-3-17(2,16(28)25-10-18(19,20)21)27-13-6-8-23-15(26-13)12-9-24-14-11(12)5-4-7-22-14/h4-5,7-9,13,27H,3,6,10H2,1-2H3,(H,22,24)(H,25,28)/t13?,17-/m1/s1. The summed E-state index contributed by atoms with van der Waals surface area (Å²) in [6.07, 6.45) is 0.875. The molecule has 3 rings (SSSR count). The average molecular weight is 394 g/mol. The summed E-state index contributed by atoms with van der Waals surface area (Å²) in [7, 11) is 0. The van der Waals surface area contributed by atoms with Crippen molar-refractivity contribution in [2.75, 3.05) is 6.54 Å². The third-order valence-electron chi connectivity index (χ3n) is 4.66. The van der Waals surface area contributed by atoms with Gasteiger partial charge in [0.1, 0.15) is 18.4 Å². The van der Waals surface area contributed by atoms with E-state index in [-0.39, 0.29) is 0 Å². The zero-order valence-corrected chi connectivity index (χ0v) is 15.5. The number of hydrogen-bond acceptors (Lipinski definition) is 5. The van der Waals surface area contributed by atoms with Crippen LogP contribution in [0.4, 0.5) is 13.2 Å². The molecular weight excluding hydrogens is 373 g/mol. The summed E-state index contributed by atoms with van der Waals surface area (Å²) in [4.78, 5) is 28.5. The molecule has 0 spiro atoms. The fourth-order valence-corrected chi connectivity index (χ4v) is 2.92. The zero-order chi connectivity index (χ0) is 20.4. The number of nitrogens with one attached hydrogen (secondary N) is 3. The van der Waals surface area contributed by atoms with Gasteiger partial charge in [-0.3, -0.25) is 10.1 Å². The number of alkyl halides is 3. The minimum Gasteiger partial charge on any atom is -0.345 e. The van der Waals surface area contributed by atoms with Crippen LogP contribution in [0.25, 0.3) is 11.0 Å². The topological polar surface area (TPSA) is 94.5 Å². The van der Waals surface area contributed by atoms with Crippen LogP contribution in [-0.4, -0.2) is 52.4 Å². The largest absolute Gasteiger partial charge is 0.405 e. The van der Waals surface area contributed by atoms with Crippen molar-refractivity contribution in [2.45, 2.75) is 44.6 Å². The summed E-state index contributed by atoms with van der Waals surface area (Å²) < 4.78 is 37.3. The molecule has 2 atom stereocenters. The van der Waals surface area contributed by atoms with E-state index in [9.17, 15) is 18.0 Å². The molecule has 10 heteroatoms. The Kier molecular flexibility index (Phi) is 5.50. The van der Waals surface area contributed by atoms with Crippen molar-refractivity contribution in [3.63, 3.8) is 0 Å². The van der Waals surface area contributed by atoms with Gasteiger partial charge in [0.05, 0.1) is 5.54 Å². The van der Waals surface area contributed by atoms with Gasteiger partial charge in [-0.05, 0) is 25.5 Å². The molecule has 0 fully saturated rings. The van der Waals surface area contributed by atoms with Crippen LogP contribution in [0.5, 0.6) is 0 Å². The van der Waals surface area contributed by atoms with E-state index in [1.54, 1.807) is 32.5 Å². The highest BCUT2D eigenvalue weighted by molar-refractivity contribution is 6.12. The molecule has 0 bridgehead atoms. The molecule has 7 nitrogen and oxygen atoms in total. The number of rotatable bonds is 6. The number of aliphatic imine (C=N–C) groups is 2. The van der Waals surface area contributed by atoms with Crippen molar-refractivity contribution < 1.29 is 18.0 Å². The number of fused-ring (bicyclic) bond motifs is 1. The van der Waals surface area contributed by atoms with Gasteiger partial charge in [0.2, 0.25) is 5.91 Å². The predicted molar refractivity (Wildman–Crippen MR) is 100 cm³/mol. The lowest BCUT2D eigenvalue weighted by atomic mass is 9.96. The summed E-state index contributed by atoms with van der Waals surface area (Å²) in [5.74, 6) is -0.250. The second-order valence-corrected chi connectivity index (χ2v) is 6.75. The van der Waals surface area contributed by atoms with Gasteiger partial charge < -0.3 is 10.3 Å². The third kappa shape index (κ3) is 4.38. The molecule has 3 N–H and O–H groups in total. The van der Waals surface area contributed by atoms with E-state index in [0.29, 0.717) is 24.3 Å². The first kappa shape index (κ1) is 20.0. The molecule has 1 aliphatic heterocycles. The molecule has 0 aliphatic carbocycles. The molecule has 3 heterocycles. The number of carbonyl (C=O) groups is 1. The second-order valence-electron chi connectivity index (χ2n) is 6.75. The summed E-state index contributed by atoms with van der Waals surface area (Å²) in [6.45, 7) is 1.92. The second kappa shape index (κ2) is 7.70. The summed E-state index contributed by atoms with van der Waals surface area (Å²) in [6, 6.07) is 3.70. The number of amidine groups is 1. The number of aromatic nitrogens is 2. The molecular formula is C18H21F3N6O. The number of carbonyl (C=O) groups excluding carboxylic acids is 1. The quantitative estimate of drug-likeness (QED) is 0.703. The molecule has 1 amide bonds. The molecule has 28 heavy (non-hydrogen) atoms. The lowest BCUT2D eigenvalue weighted by molar-refractivity contribution is -0.142. The monoisotopic (exact) mass is 394 g/mol. The summed E-state index contributed by atoms with van der Waals surface area (Å²) in [5.41, 5.74) is 0.276. The van der Waals surface area contributed by atoms with E-state index in [0.717, 1.165) is 10.9 Å². The van der Waals surface area contributed by atoms with Gasteiger partial charge in [0.25, 0.3) is 0 Å². The van der Waals surface area contributed by atoms with Crippen LogP contribution in [0.3, 0.4) is 0 Å². The third-order valence-corrected chi connectivity index (χ3v) is 4.66. The fourth-order valence-electron chi connectivity index (χ4n) is 2.92. The molecule has 0 aromatic carbocycles. The van der Waals surface area contributed by atoms with E-state index in [1.165, 1.54) is 0 Å². The molecule has 0 radical (unpaired) electrons. The number of amides is 1. The first-order chi connectivity index (χ1) is 13.2. The van der Waals surface area contributed by atoms with Gasteiger partial charge in [-0.15, -0.1) is 0 Å². The smallest absolute Gasteiger partial charge is 0.345 e. The number of pyridine rings is 1. The number of halogens is 3. The van der Waals surface area contributed by atoms with Crippen LogP contribution in [0.2, 0.25) is 0 Å². The Labute approximate surface area is 159 Å². The van der Waals surface area contributed by atoms with E-state index in [1.807, 2.05) is 17.4 Å². The summed E-state index contributed by atoms with van der Waals surface area (Å²) in [5, 5.41) is 5.88. The normalized spacial score (nSPS) is 19.3. The van der Waals surface area contributed by atoms with Crippen LogP contribution < -0.4 is 10.6 Å². The van der Waals surface area contributed by atoms with Crippen LogP contribution in [0, 0.1) is 0 Å². The number of nitrogens with zero attached hydrogens (tertiary/aromatic N) is 3. The lowest BCUT2D eigenvalue weighted by Crippen LogP contribution is -2.58. The lowest BCUT2D eigenvalue weighted by Gasteiger charge is -2.32. The first-order valence-electron chi connectivity index (χ1n) is 8.87. The Morgan fingerprint density at radius 2 is 2.18 bits per heavy atom. The van der Waals surface area contributed by atoms with E-state index < -0.39 is 30.3 Å². The fraction of sp³-hybridized carbons (Fsp3) is 0.444. The predicted octanol–water partition coefficient (Wildman–Crippen LogP) is 2.55. The molecule has 1 unspecified atom stereocenters. The molecule has 2 aromatic heterocycles. The van der Waals surface area contributed by atoms with Crippen LogP contribution >= 0.6 is 0 Å². The highest BCUT2D eigenvalue weighted by atomic mass is 19.4. The zero-order valence-electron chi connectivity index (χ0n) is 15.5. The van der Waals surface area contributed by atoms with Crippen molar-refractivity contribution in [3.05, 3.63) is 30.1 Å². The van der Waals surface area contributed by atoms with Crippen molar-refractivity contribution >= 4 is 29.0 Å². The SMILES string of the molecule is CC[C@@](C)(NC1CC=NC(c2c[nH]c3ncccc23)=N1)C(=O)NCC(F)(F)F. The van der Waals surface area contributed by atoms with Crippen molar-refractivity contribution in [1.29, 1.82) is 0 Å². The molecule has 2 aromatic rings. The maximum Gasteiger partial charge on any atom is 0.405 e. The maximum absolute atomic E-state index is 12.4. The van der Waals surface area contributed by atoms with Crippen molar-refractivity contribution in [1.82, 2.24) is 20.6 Å². The van der Waals surface area contributed by atoms with Crippen LogP contribution in [0.1, 0.15) is 32.3 Å². The highest BCUT2D eigenvalue weighted by Crippen LogP contribution is 2.21. The Morgan fingerprint density at radius 1 is 1.39 bits per heavy atom. The van der Waals surface area contributed by atoms with E-state index in [2.05, 4.69) is 25.3 Å². The highest BCUT2D eigenvalue weighted by Gasteiger charge is 2.36. The van der Waals surface area contributed by atoms with Gasteiger partial charge >= 0.3 is 6.18 Å². The minimum absolute atomic E-state index is 0.298. The van der Waals surface area contributed by atoms with Crippen LogP contribution in [-0.2, 0) is 4.79 Å².